The van der Waals surface area contributed by atoms with Gasteiger partial charge < -0.3 is 9.26 Å². The van der Waals surface area contributed by atoms with Crippen LogP contribution < -0.4 is 0 Å². The summed E-state index contributed by atoms with van der Waals surface area (Å²) in [5, 5.41) is 4.70. The third kappa shape index (κ3) is 3.41. The van der Waals surface area contributed by atoms with E-state index in [1.807, 2.05) is 23.5 Å². The van der Waals surface area contributed by atoms with Gasteiger partial charge in [-0.2, -0.15) is 16.7 Å². The molecule has 2 unspecified atom stereocenters. The molecule has 1 saturated heterocycles. The minimum atomic E-state index is -0.327. The molecule has 2 atom stereocenters. The van der Waals surface area contributed by atoms with E-state index in [0.717, 1.165) is 11.5 Å². The molecule has 0 aromatic carbocycles. The van der Waals surface area contributed by atoms with Crippen LogP contribution in [0.15, 0.2) is 4.52 Å². The molecule has 0 radical (unpaired) electrons. The highest BCUT2D eigenvalue weighted by atomic mass is 32.2. The van der Waals surface area contributed by atoms with Crippen molar-refractivity contribution in [3.8, 4) is 0 Å². The van der Waals surface area contributed by atoms with Gasteiger partial charge in [0.2, 0.25) is 5.89 Å². The van der Waals surface area contributed by atoms with Crippen molar-refractivity contribution in [2.24, 2.45) is 0 Å². The zero-order chi connectivity index (χ0) is 13.0. The second-order valence-corrected chi connectivity index (χ2v) is 6.63. The van der Waals surface area contributed by atoms with E-state index in [1.165, 1.54) is 0 Å². The molecule has 0 bridgehead atoms. The van der Waals surface area contributed by atoms with Gasteiger partial charge in [0.15, 0.2) is 5.82 Å². The smallest absolute Gasteiger partial charge is 0.315 e. The summed E-state index contributed by atoms with van der Waals surface area (Å²) in [7, 11) is 0. The average Bonchev–Trinajstić information content (AvgIpc) is 2.78. The lowest BCUT2D eigenvalue weighted by atomic mass is 10.3. The van der Waals surface area contributed by atoms with Crippen LogP contribution in [0.2, 0.25) is 0 Å². The van der Waals surface area contributed by atoms with Crippen molar-refractivity contribution in [2.45, 2.75) is 30.8 Å². The maximum Gasteiger partial charge on any atom is 0.315 e. The van der Waals surface area contributed by atoms with Gasteiger partial charge in [0, 0.05) is 16.8 Å². The van der Waals surface area contributed by atoms with E-state index in [2.05, 4.69) is 17.1 Å². The van der Waals surface area contributed by atoms with Crippen molar-refractivity contribution in [1.82, 2.24) is 10.1 Å². The van der Waals surface area contributed by atoms with Gasteiger partial charge >= 0.3 is 5.97 Å². The molecular formula is C11H16N2O3S2. The highest BCUT2D eigenvalue weighted by Crippen LogP contribution is 2.41. The first kappa shape index (κ1) is 13.7. The number of carbonyl (C=O) groups is 1. The van der Waals surface area contributed by atoms with E-state index in [1.54, 1.807) is 6.92 Å². The van der Waals surface area contributed by atoms with Crippen LogP contribution in [0.3, 0.4) is 0 Å². The molecule has 18 heavy (non-hydrogen) atoms. The molecule has 0 aliphatic carbocycles. The van der Waals surface area contributed by atoms with E-state index < -0.39 is 0 Å². The van der Waals surface area contributed by atoms with Gasteiger partial charge in [0.05, 0.1) is 11.9 Å². The molecule has 7 heteroatoms. The Morgan fingerprint density at radius 3 is 3.00 bits per heavy atom. The fraction of sp³-hybridized carbons (Fsp3) is 0.727. The Kier molecular flexibility index (Phi) is 4.94. The van der Waals surface area contributed by atoms with E-state index in [4.69, 9.17) is 9.26 Å². The molecule has 1 aromatic heterocycles. The fourth-order valence-electron chi connectivity index (χ4n) is 1.71. The lowest BCUT2D eigenvalue weighted by Crippen LogP contribution is -2.17. The van der Waals surface area contributed by atoms with Crippen molar-refractivity contribution in [3.05, 3.63) is 11.7 Å². The Labute approximate surface area is 114 Å². The summed E-state index contributed by atoms with van der Waals surface area (Å²) in [6.45, 7) is 4.31. The van der Waals surface area contributed by atoms with Crippen LogP contribution in [-0.2, 0) is 16.0 Å². The number of hydrogen-bond acceptors (Lipinski definition) is 7. The fourth-order valence-corrected chi connectivity index (χ4v) is 4.39. The van der Waals surface area contributed by atoms with Crippen LogP contribution in [0.25, 0.3) is 0 Å². The van der Waals surface area contributed by atoms with Crippen molar-refractivity contribution in [1.29, 1.82) is 0 Å². The summed E-state index contributed by atoms with van der Waals surface area (Å²) < 4.78 is 9.94. The number of ether oxygens (including phenoxy) is 1. The summed E-state index contributed by atoms with van der Waals surface area (Å²) in [5.41, 5.74) is 0. The molecule has 1 aromatic rings. The third-order valence-corrected chi connectivity index (χ3v) is 5.61. The van der Waals surface area contributed by atoms with Crippen LogP contribution in [0.4, 0.5) is 0 Å². The zero-order valence-corrected chi connectivity index (χ0v) is 12.1. The number of esters is 1. The monoisotopic (exact) mass is 288 g/mol. The van der Waals surface area contributed by atoms with E-state index in [9.17, 15) is 4.79 Å². The zero-order valence-electron chi connectivity index (χ0n) is 10.4. The van der Waals surface area contributed by atoms with Gasteiger partial charge in [-0.15, -0.1) is 11.8 Å². The van der Waals surface area contributed by atoms with E-state index in [-0.39, 0.29) is 17.6 Å². The molecule has 0 spiro atoms. The molecular weight excluding hydrogens is 272 g/mol. The van der Waals surface area contributed by atoms with Crippen molar-refractivity contribution < 1.29 is 14.1 Å². The summed E-state index contributed by atoms with van der Waals surface area (Å²) in [5.74, 6) is 2.97. The molecule has 0 amide bonds. The van der Waals surface area contributed by atoms with Gasteiger partial charge in [-0.1, -0.05) is 12.1 Å². The predicted molar refractivity (Wildman–Crippen MR) is 71.8 cm³/mol. The molecule has 0 N–H and O–H groups in total. The van der Waals surface area contributed by atoms with Crippen molar-refractivity contribution in [3.63, 3.8) is 0 Å². The van der Waals surface area contributed by atoms with Crippen molar-refractivity contribution in [2.75, 3.05) is 18.1 Å². The lowest BCUT2D eigenvalue weighted by molar-refractivity contribution is -0.142. The number of hydrogen-bond donors (Lipinski definition) is 0. The van der Waals surface area contributed by atoms with Crippen LogP contribution in [-0.4, -0.2) is 39.5 Å². The number of rotatable bonds is 4. The van der Waals surface area contributed by atoms with Crippen molar-refractivity contribution >= 4 is 29.5 Å². The van der Waals surface area contributed by atoms with Gasteiger partial charge in [-0.25, -0.2) is 0 Å². The normalized spacial score (nSPS) is 23.9. The van der Waals surface area contributed by atoms with Crippen LogP contribution in [0, 0.1) is 0 Å². The second-order valence-electron chi connectivity index (χ2n) is 3.90. The van der Waals surface area contributed by atoms with E-state index >= 15 is 0 Å². The van der Waals surface area contributed by atoms with Gasteiger partial charge in [-0.05, 0) is 6.92 Å². The Bertz CT molecular complexity index is 411. The first-order valence-electron chi connectivity index (χ1n) is 5.92. The minimum Gasteiger partial charge on any atom is -0.466 e. The molecule has 1 aliphatic rings. The Morgan fingerprint density at radius 2 is 2.28 bits per heavy atom. The first-order valence-corrected chi connectivity index (χ1v) is 8.01. The molecule has 5 nitrogen and oxygen atoms in total. The highest BCUT2D eigenvalue weighted by molar-refractivity contribution is 8.06. The number of aromatic nitrogens is 2. The molecule has 0 saturated carbocycles. The first-order chi connectivity index (χ1) is 8.70. The second kappa shape index (κ2) is 6.47. The number of carbonyl (C=O) groups excluding carboxylic acids is 1. The summed E-state index contributed by atoms with van der Waals surface area (Å²) in [6, 6.07) is 0. The van der Waals surface area contributed by atoms with E-state index in [0.29, 0.717) is 23.6 Å². The quantitative estimate of drug-likeness (QED) is 0.786. The predicted octanol–water partition coefficient (Wildman–Crippen LogP) is 2.08. The van der Waals surface area contributed by atoms with Gasteiger partial charge in [-0.3, -0.25) is 4.79 Å². The highest BCUT2D eigenvalue weighted by Gasteiger charge is 2.28. The minimum absolute atomic E-state index is 0.0553. The Balaban J connectivity index is 1.98. The van der Waals surface area contributed by atoms with Crippen LogP contribution in [0.1, 0.15) is 30.8 Å². The average molecular weight is 288 g/mol. The standard InChI is InChI=1S/C11H16N2O3S2/c1-3-15-9(14)6-8-12-11(13-16-8)10-7(2)17-4-5-18-10/h7,10H,3-6H2,1-2H3. The summed E-state index contributed by atoms with van der Waals surface area (Å²) in [6.07, 6.45) is 0.0553. The number of nitrogens with zero attached hydrogens (tertiary/aromatic N) is 2. The van der Waals surface area contributed by atoms with Gasteiger partial charge in [0.1, 0.15) is 6.42 Å². The molecule has 2 heterocycles. The van der Waals surface area contributed by atoms with Crippen LogP contribution >= 0.6 is 23.5 Å². The summed E-state index contributed by atoms with van der Waals surface area (Å²) >= 11 is 3.76. The molecule has 2 rings (SSSR count). The maximum absolute atomic E-state index is 11.3. The van der Waals surface area contributed by atoms with Gasteiger partial charge in [0.25, 0.3) is 0 Å². The Hall–Kier alpha value is -0.690. The maximum atomic E-state index is 11.3. The Morgan fingerprint density at radius 1 is 1.50 bits per heavy atom. The lowest BCUT2D eigenvalue weighted by Gasteiger charge is -2.24. The molecule has 1 fully saturated rings. The van der Waals surface area contributed by atoms with Crippen LogP contribution in [0.5, 0.6) is 0 Å². The molecule has 1 aliphatic heterocycles. The summed E-state index contributed by atoms with van der Waals surface area (Å²) in [4.78, 5) is 15.6. The SMILES string of the molecule is CCOC(=O)Cc1nc(C2SCCSC2C)no1. The largest absolute Gasteiger partial charge is 0.466 e. The topological polar surface area (TPSA) is 65.2 Å². The third-order valence-electron chi connectivity index (χ3n) is 2.53. The number of thioether (sulfide) groups is 2. The molecule has 100 valence electrons.